The summed E-state index contributed by atoms with van der Waals surface area (Å²) >= 11 is 0. The number of hydrogen-bond acceptors (Lipinski definition) is 12. The van der Waals surface area contributed by atoms with Gasteiger partial charge in [0.15, 0.2) is 0 Å². The average molecular weight is 607 g/mol. The van der Waals surface area contributed by atoms with Gasteiger partial charge in [0.05, 0.1) is 59.3 Å². The fourth-order valence-corrected chi connectivity index (χ4v) is 3.04. The van der Waals surface area contributed by atoms with Crippen LogP contribution >= 0.6 is 0 Å². The minimum atomic E-state index is -1.12. The van der Waals surface area contributed by atoms with Crippen LogP contribution in [-0.4, -0.2) is 125 Å². The van der Waals surface area contributed by atoms with Crippen molar-refractivity contribution in [1.82, 2.24) is 20.9 Å². The van der Waals surface area contributed by atoms with Crippen molar-refractivity contribution in [2.75, 3.05) is 72.4 Å². The van der Waals surface area contributed by atoms with E-state index in [0.29, 0.717) is 6.54 Å². The van der Waals surface area contributed by atoms with E-state index in [2.05, 4.69) is 16.0 Å². The molecule has 0 aromatic carbocycles. The molecule has 3 N–H and O–H groups in total. The van der Waals surface area contributed by atoms with Gasteiger partial charge in [-0.2, -0.15) is 0 Å². The Morgan fingerprint density at radius 2 is 1.19 bits per heavy atom. The standard InChI is InChI=1S/C27H50N4O11/c1-9-39-21(32)18-31(19-22(33)40-10-2)12-14-38-16-15-37-13-11-28-23(34)20(30-25(36)42-27(6,7)8)17-29-24(35)41-26(3,4)5/h20H,9-19H2,1-8H3,(H,28,34)(H,29,35)(H,30,36). The molecule has 0 aromatic rings. The third-order valence-electron chi connectivity index (χ3n) is 4.64. The van der Waals surface area contributed by atoms with Crippen molar-refractivity contribution in [2.45, 2.75) is 72.6 Å². The van der Waals surface area contributed by atoms with Gasteiger partial charge in [-0.15, -0.1) is 0 Å². The average Bonchev–Trinajstić information content (AvgIpc) is 2.83. The Morgan fingerprint density at radius 3 is 1.69 bits per heavy atom. The van der Waals surface area contributed by atoms with Crippen LogP contribution in [0.25, 0.3) is 0 Å². The molecule has 1 unspecified atom stereocenters. The molecule has 3 amide bonds. The predicted octanol–water partition coefficient (Wildman–Crippen LogP) is 0.982. The quantitative estimate of drug-likeness (QED) is 0.108. The summed E-state index contributed by atoms with van der Waals surface area (Å²) < 4.78 is 31.2. The van der Waals surface area contributed by atoms with Crippen LogP contribution in [0.1, 0.15) is 55.4 Å². The van der Waals surface area contributed by atoms with Crippen molar-refractivity contribution in [3.05, 3.63) is 0 Å². The third-order valence-corrected chi connectivity index (χ3v) is 4.64. The zero-order chi connectivity index (χ0) is 32.2. The monoisotopic (exact) mass is 606 g/mol. The lowest BCUT2D eigenvalue weighted by Crippen LogP contribution is -2.54. The van der Waals surface area contributed by atoms with E-state index >= 15 is 0 Å². The molecule has 15 heteroatoms. The highest BCUT2D eigenvalue weighted by molar-refractivity contribution is 5.86. The lowest BCUT2D eigenvalue weighted by Gasteiger charge is -2.24. The minimum absolute atomic E-state index is 0.0662. The molecular weight excluding hydrogens is 556 g/mol. The number of ether oxygens (including phenoxy) is 6. The fourth-order valence-electron chi connectivity index (χ4n) is 3.04. The molecule has 0 bridgehead atoms. The second-order valence-electron chi connectivity index (χ2n) is 10.9. The lowest BCUT2D eigenvalue weighted by molar-refractivity contribution is -0.148. The van der Waals surface area contributed by atoms with Crippen LogP contribution in [0.2, 0.25) is 0 Å². The molecule has 244 valence electrons. The molecule has 0 rings (SSSR count). The Bertz CT molecular complexity index is 821. The van der Waals surface area contributed by atoms with Gasteiger partial charge >= 0.3 is 24.1 Å². The highest BCUT2D eigenvalue weighted by atomic mass is 16.6. The topological polar surface area (TPSA) is 180 Å². The van der Waals surface area contributed by atoms with Crippen LogP contribution < -0.4 is 16.0 Å². The molecule has 0 aliphatic heterocycles. The van der Waals surface area contributed by atoms with Gasteiger partial charge in [-0.25, -0.2) is 9.59 Å². The van der Waals surface area contributed by atoms with Gasteiger partial charge in [-0.3, -0.25) is 19.3 Å². The molecule has 1 atom stereocenters. The molecular formula is C27H50N4O11. The van der Waals surface area contributed by atoms with Crippen molar-refractivity contribution in [2.24, 2.45) is 0 Å². The molecule has 0 saturated heterocycles. The van der Waals surface area contributed by atoms with Crippen molar-refractivity contribution in [3.63, 3.8) is 0 Å². The first-order valence-corrected chi connectivity index (χ1v) is 14.0. The zero-order valence-electron chi connectivity index (χ0n) is 26.3. The minimum Gasteiger partial charge on any atom is -0.465 e. The Hall–Kier alpha value is -3.17. The number of esters is 2. The summed E-state index contributed by atoms with van der Waals surface area (Å²) in [5.41, 5.74) is -1.51. The number of nitrogens with zero attached hydrogens (tertiary/aromatic N) is 1. The summed E-state index contributed by atoms with van der Waals surface area (Å²) in [5, 5.41) is 7.55. The maximum Gasteiger partial charge on any atom is 0.408 e. The largest absolute Gasteiger partial charge is 0.465 e. The second-order valence-corrected chi connectivity index (χ2v) is 10.9. The number of amides is 3. The van der Waals surface area contributed by atoms with E-state index in [9.17, 15) is 24.0 Å². The summed E-state index contributed by atoms with van der Waals surface area (Å²) in [4.78, 5) is 62.1. The molecule has 42 heavy (non-hydrogen) atoms. The van der Waals surface area contributed by atoms with Gasteiger partial charge < -0.3 is 44.4 Å². The molecule has 0 fully saturated rings. The van der Waals surface area contributed by atoms with E-state index < -0.39 is 47.3 Å². The zero-order valence-corrected chi connectivity index (χ0v) is 26.3. The van der Waals surface area contributed by atoms with Crippen LogP contribution in [0.15, 0.2) is 0 Å². The highest BCUT2D eigenvalue weighted by Crippen LogP contribution is 2.08. The Labute approximate surface area is 248 Å². The van der Waals surface area contributed by atoms with Gasteiger partial charge in [0.2, 0.25) is 5.91 Å². The summed E-state index contributed by atoms with van der Waals surface area (Å²) in [6.45, 7) is 15.0. The van der Waals surface area contributed by atoms with Gasteiger partial charge in [0, 0.05) is 13.1 Å². The van der Waals surface area contributed by atoms with E-state index in [1.165, 1.54) is 0 Å². The van der Waals surface area contributed by atoms with Crippen molar-refractivity contribution < 1.29 is 52.4 Å². The first kappa shape index (κ1) is 38.8. The van der Waals surface area contributed by atoms with E-state index in [0.717, 1.165) is 0 Å². The van der Waals surface area contributed by atoms with Gasteiger partial charge in [0.25, 0.3) is 0 Å². The molecule has 0 radical (unpaired) electrons. The van der Waals surface area contributed by atoms with Crippen LogP contribution in [0.5, 0.6) is 0 Å². The summed E-state index contributed by atoms with van der Waals surface area (Å²) in [5.74, 6) is -1.45. The predicted molar refractivity (Wildman–Crippen MR) is 152 cm³/mol. The van der Waals surface area contributed by atoms with Crippen LogP contribution in [-0.2, 0) is 42.8 Å². The maximum atomic E-state index is 12.7. The number of alkyl carbamates (subject to hydrolysis) is 2. The van der Waals surface area contributed by atoms with Crippen molar-refractivity contribution in [3.8, 4) is 0 Å². The normalized spacial score (nSPS) is 12.2. The first-order valence-electron chi connectivity index (χ1n) is 14.0. The molecule has 0 heterocycles. The van der Waals surface area contributed by atoms with Crippen LogP contribution in [0.4, 0.5) is 9.59 Å². The first-order chi connectivity index (χ1) is 19.6. The number of hydrogen-bond donors (Lipinski definition) is 3. The molecule has 15 nitrogen and oxygen atoms in total. The summed E-state index contributed by atoms with van der Waals surface area (Å²) in [6.07, 6.45) is -1.55. The van der Waals surface area contributed by atoms with Gasteiger partial charge in [0.1, 0.15) is 17.2 Å². The number of rotatable bonds is 19. The SMILES string of the molecule is CCOC(=O)CN(CCOCCOCCNC(=O)C(CNC(=O)OC(C)(C)C)NC(=O)OC(C)(C)C)CC(=O)OCC. The molecule has 0 aliphatic carbocycles. The van der Waals surface area contributed by atoms with Crippen LogP contribution in [0.3, 0.4) is 0 Å². The molecule has 0 spiro atoms. The Balaban J connectivity index is 4.52. The molecule has 0 saturated carbocycles. The summed E-state index contributed by atoms with van der Waals surface area (Å²) in [7, 11) is 0. The van der Waals surface area contributed by atoms with E-state index in [1.54, 1.807) is 60.3 Å². The summed E-state index contributed by atoms with van der Waals surface area (Å²) in [6, 6.07) is -1.12. The van der Waals surface area contributed by atoms with Crippen molar-refractivity contribution >= 4 is 30.0 Å². The smallest absolute Gasteiger partial charge is 0.408 e. The Kier molecular flexibility index (Phi) is 19.1. The number of carbonyl (C=O) groups is 5. The van der Waals surface area contributed by atoms with E-state index in [4.69, 9.17) is 28.4 Å². The van der Waals surface area contributed by atoms with Gasteiger partial charge in [-0.1, -0.05) is 0 Å². The second kappa shape index (κ2) is 20.7. The van der Waals surface area contributed by atoms with Gasteiger partial charge in [-0.05, 0) is 55.4 Å². The fraction of sp³-hybridized carbons (Fsp3) is 0.815. The third kappa shape index (κ3) is 22.5. The van der Waals surface area contributed by atoms with E-state index in [-0.39, 0.29) is 65.8 Å². The lowest BCUT2D eigenvalue weighted by atomic mass is 10.2. The van der Waals surface area contributed by atoms with E-state index in [1.807, 2.05) is 0 Å². The molecule has 0 aliphatic rings. The number of nitrogens with one attached hydrogen (secondary N) is 3. The van der Waals surface area contributed by atoms with Crippen LogP contribution in [0, 0.1) is 0 Å². The Morgan fingerprint density at radius 1 is 0.690 bits per heavy atom. The number of carbonyl (C=O) groups excluding carboxylic acids is 5. The van der Waals surface area contributed by atoms with Crippen molar-refractivity contribution in [1.29, 1.82) is 0 Å². The molecule has 0 aromatic heterocycles. The highest BCUT2D eigenvalue weighted by Gasteiger charge is 2.26. The maximum absolute atomic E-state index is 12.7.